The molecular weight excluding hydrogens is 182 g/mol. The summed E-state index contributed by atoms with van der Waals surface area (Å²) >= 11 is 0. The summed E-state index contributed by atoms with van der Waals surface area (Å²) in [5.74, 6) is 0. The van der Waals surface area contributed by atoms with E-state index in [1.165, 1.54) is 11.1 Å². The van der Waals surface area contributed by atoms with Gasteiger partial charge in [0.25, 0.3) is 0 Å². The Labute approximate surface area is 93.6 Å². The van der Waals surface area contributed by atoms with Crippen molar-refractivity contribution in [2.75, 3.05) is 0 Å². The molecule has 82 valence electrons. The number of nitrogens with zero attached hydrogens (tertiary/aromatic N) is 1. The lowest BCUT2D eigenvalue weighted by molar-refractivity contribution is 1.20. The fourth-order valence-electron chi connectivity index (χ4n) is 1.20. The second-order valence-corrected chi connectivity index (χ2v) is 2.57. The van der Waals surface area contributed by atoms with Crippen LogP contribution in [0.5, 0.6) is 0 Å². The molecule has 0 aromatic carbocycles. The van der Waals surface area contributed by atoms with Crippen LogP contribution in [0.15, 0.2) is 36.7 Å². The summed E-state index contributed by atoms with van der Waals surface area (Å²) in [7, 11) is 0. The molecule has 0 fully saturated rings. The zero-order chi connectivity index (χ0) is 11.5. The van der Waals surface area contributed by atoms with Crippen LogP contribution in [0.4, 0.5) is 0 Å². The number of hydrogen-bond acceptors (Lipinski definition) is 1. The molecule has 1 heterocycles. The Balaban J connectivity index is 0.000000442. The van der Waals surface area contributed by atoms with Crippen molar-refractivity contribution < 1.29 is 0 Å². The van der Waals surface area contributed by atoms with Crippen LogP contribution in [0.1, 0.15) is 38.8 Å². The zero-order valence-electron chi connectivity index (χ0n) is 10.2. The Morgan fingerprint density at radius 1 is 1.07 bits per heavy atom. The maximum Gasteiger partial charge on any atom is 0.0343 e. The van der Waals surface area contributed by atoms with E-state index in [-0.39, 0.29) is 0 Å². The van der Waals surface area contributed by atoms with Gasteiger partial charge in [-0.2, -0.15) is 0 Å². The van der Waals surface area contributed by atoms with E-state index >= 15 is 0 Å². The fourth-order valence-corrected chi connectivity index (χ4v) is 1.20. The summed E-state index contributed by atoms with van der Waals surface area (Å²) < 4.78 is 0. The first-order valence-electron chi connectivity index (χ1n) is 5.73. The fraction of sp³-hybridized carbons (Fsp3) is 0.357. The van der Waals surface area contributed by atoms with Gasteiger partial charge < -0.3 is 0 Å². The van der Waals surface area contributed by atoms with Gasteiger partial charge in [0.1, 0.15) is 0 Å². The Morgan fingerprint density at radius 2 is 1.80 bits per heavy atom. The Morgan fingerprint density at radius 3 is 2.53 bits per heavy atom. The SMILES string of the molecule is C1=CCc2ccncc2C=C1.CC.CC. The molecule has 0 saturated carbocycles. The number of hydrogen-bond donors (Lipinski definition) is 0. The number of rotatable bonds is 0. The van der Waals surface area contributed by atoms with Crippen molar-refractivity contribution in [2.45, 2.75) is 34.1 Å². The predicted octanol–water partition coefficient (Wildman–Crippen LogP) is 4.26. The van der Waals surface area contributed by atoms with Gasteiger partial charge in [-0.3, -0.25) is 4.98 Å². The Bertz CT molecular complexity index is 311. The minimum atomic E-state index is 1.02. The second kappa shape index (κ2) is 9.20. The molecule has 1 aromatic rings. The van der Waals surface area contributed by atoms with E-state index in [9.17, 15) is 0 Å². The van der Waals surface area contributed by atoms with Gasteiger partial charge in [-0.05, 0) is 23.6 Å². The van der Waals surface area contributed by atoms with Gasteiger partial charge >= 0.3 is 0 Å². The zero-order valence-corrected chi connectivity index (χ0v) is 10.2. The molecule has 0 spiro atoms. The minimum Gasteiger partial charge on any atom is -0.264 e. The van der Waals surface area contributed by atoms with E-state index in [2.05, 4.69) is 29.3 Å². The van der Waals surface area contributed by atoms with Crippen LogP contribution in [0.2, 0.25) is 0 Å². The molecule has 1 aliphatic carbocycles. The van der Waals surface area contributed by atoms with Crippen molar-refractivity contribution >= 4 is 6.08 Å². The molecular formula is C14H21N. The third-order valence-corrected chi connectivity index (χ3v) is 1.81. The smallest absolute Gasteiger partial charge is 0.0343 e. The minimum absolute atomic E-state index is 1.02. The van der Waals surface area contributed by atoms with E-state index in [1.807, 2.05) is 46.2 Å². The average Bonchev–Trinajstić information content (AvgIpc) is 2.59. The summed E-state index contributed by atoms with van der Waals surface area (Å²) in [6.45, 7) is 8.00. The van der Waals surface area contributed by atoms with E-state index in [0.29, 0.717) is 0 Å². The molecule has 15 heavy (non-hydrogen) atoms. The molecule has 1 heteroatoms. The summed E-state index contributed by atoms with van der Waals surface area (Å²) in [5, 5.41) is 0. The molecule has 0 N–H and O–H groups in total. The van der Waals surface area contributed by atoms with Gasteiger partial charge in [0.2, 0.25) is 0 Å². The van der Waals surface area contributed by atoms with Gasteiger partial charge in [0, 0.05) is 12.4 Å². The van der Waals surface area contributed by atoms with Gasteiger partial charge in [0.15, 0.2) is 0 Å². The third-order valence-electron chi connectivity index (χ3n) is 1.81. The van der Waals surface area contributed by atoms with Crippen molar-refractivity contribution in [1.29, 1.82) is 0 Å². The lowest BCUT2D eigenvalue weighted by atomic mass is 10.1. The summed E-state index contributed by atoms with van der Waals surface area (Å²) in [6.07, 6.45) is 13.1. The van der Waals surface area contributed by atoms with Crippen LogP contribution in [0.25, 0.3) is 6.08 Å². The standard InChI is InChI=1S/C10H9N.2C2H6/c1-2-4-9-6-7-11-8-10(9)5-3-1;2*1-2/h1-3,5-8H,4H2;2*1-2H3. The van der Waals surface area contributed by atoms with Gasteiger partial charge in [-0.15, -0.1) is 0 Å². The van der Waals surface area contributed by atoms with E-state index in [4.69, 9.17) is 0 Å². The second-order valence-electron chi connectivity index (χ2n) is 2.57. The molecule has 0 radical (unpaired) electrons. The highest BCUT2D eigenvalue weighted by Crippen LogP contribution is 2.12. The topological polar surface area (TPSA) is 12.9 Å². The monoisotopic (exact) mass is 203 g/mol. The van der Waals surface area contributed by atoms with Crippen LogP contribution < -0.4 is 0 Å². The Hall–Kier alpha value is -1.37. The first-order chi connectivity index (χ1) is 7.47. The van der Waals surface area contributed by atoms with Crippen molar-refractivity contribution in [3.63, 3.8) is 0 Å². The molecule has 1 aliphatic rings. The normalized spacial score (nSPS) is 11.2. The molecule has 0 saturated heterocycles. The van der Waals surface area contributed by atoms with Crippen molar-refractivity contribution in [1.82, 2.24) is 4.98 Å². The first kappa shape index (κ1) is 13.6. The van der Waals surface area contributed by atoms with Gasteiger partial charge in [-0.25, -0.2) is 0 Å². The van der Waals surface area contributed by atoms with Crippen LogP contribution in [-0.4, -0.2) is 4.98 Å². The predicted molar refractivity (Wildman–Crippen MR) is 68.8 cm³/mol. The molecule has 0 aliphatic heterocycles. The first-order valence-corrected chi connectivity index (χ1v) is 5.73. The summed E-state index contributed by atoms with van der Waals surface area (Å²) in [4.78, 5) is 4.06. The quantitative estimate of drug-likeness (QED) is 0.614. The molecule has 0 unspecified atom stereocenters. The molecule has 0 bridgehead atoms. The largest absolute Gasteiger partial charge is 0.264 e. The highest BCUT2D eigenvalue weighted by Gasteiger charge is 1.97. The number of allylic oxidation sites excluding steroid dienone is 3. The van der Waals surface area contributed by atoms with Crippen molar-refractivity contribution in [3.05, 3.63) is 47.8 Å². The molecule has 0 amide bonds. The molecule has 0 atom stereocenters. The van der Waals surface area contributed by atoms with E-state index in [0.717, 1.165) is 6.42 Å². The maximum absolute atomic E-state index is 4.06. The number of fused-ring (bicyclic) bond motifs is 1. The van der Waals surface area contributed by atoms with Crippen LogP contribution in [0.3, 0.4) is 0 Å². The van der Waals surface area contributed by atoms with Crippen LogP contribution >= 0.6 is 0 Å². The highest BCUT2D eigenvalue weighted by atomic mass is 14.6. The third kappa shape index (κ3) is 4.59. The summed E-state index contributed by atoms with van der Waals surface area (Å²) in [6, 6.07) is 2.06. The van der Waals surface area contributed by atoms with Gasteiger partial charge in [-0.1, -0.05) is 52.0 Å². The Kier molecular flexibility index (Phi) is 8.36. The number of pyridine rings is 1. The van der Waals surface area contributed by atoms with Crippen LogP contribution in [0, 0.1) is 0 Å². The lowest BCUT2D eigenvalue weighted by Crippen LogP contribution is -1.85. The van der Waals surface area contributed by atoms with Crippen molar-refractivity contribution in [3.8, 4) is 0 Å². The summed E-state index contributed by atoms with van der Waals surface area (Å²) in [5.41, 5.74) is 2.59. The molecule has 1 nitrogen and oxygen atoms in total. The molecule has 2 rings (SSSR count). The van der Waals surface area contributed by atoms with Crippen molar-refractivity contribution in [2.24, 2.45) is 0 Å². The average molecular weight is 203 g/mol. The van der Waals surface area contributed by atoms with Crippen LogP contribution in [-0.2, 0) is 6.42 Å². The number of aromatic nitrogens is 1. The lowest BCUT2D eigenvalue weighted by Gasteiger charge is -1.98. The highest BCUT2D eigenvalue weighted by molar-refractivity contribution is 5.55. The van der Waals surface area contributed by atoms with E-state index in [1.54, 1.807) is 0 Å². The van der Waals surface area contributed by atoms with Gasteiger partial charge in [0.05, 0.1) is 0 Å². The molecule has 1 aromatic heterocycles. The maximum atomic E-state index is 4.06. The van der Waals surface area contributed by atoms with E-state index < -0.39 is 0 Å².